The summed E-state index contributed by atoms with van der Waals surface area (Å²) in [5.41, 5.74) is 3.68. The molecule has 2 aromatic rings. The largest absolute Gasteiger partial charge is 0.325 e. The summed E-state index contributed by atoms with van der Waals surface area (Å²) in [6.45, 7) is 3.87. The number of carbonyl (C=O) groups excluding carboxylic acids is 1. The Bertz CT molecular complexity index is 880. The predicted octanol–water partition coefficient (Wildman–Crippen LogP) is 3.40. The van der Waals surface area contributed by atoms with Gasteiger partial charge in [0, 0.05) is 17.3 Å². The lowest BCUT2D eigenvalue weighted by Gasteiger charge is -2.20. The van der Waals surface area contributed by atoms with Gasteiger partial charge in [-0.05, 0) is 49.6 Å². The summed E-state index contributed by atoms with van der Waals surface area (Å²) >= 11 is 5.86. The zero-order valence-electron chi connectivity index (χ0n) is 15.1. The van der Waals surface area contributed by atoms with Crippen molar-refractivity contribution >= 4 is 33.2 Å². The first-order chi connectivity index (χ1) is 12.1. The third-order valence-electron chi connectivity index (χ3n) is 4.01. The molecule has 2 rings (SSSR count). The van der Waals surface area contributed by atoms with Crippen LogP contribution in [0.5, 0.6) is 0 Å². The SMILES string of the molecule is Cc1ccc(NC(=O)CN(CCc2ccc(Cl)cc2)S(C)(=O)=O)c(C)c1. The molecule has 0 heterocycles. The van der Waals surface area contributed by atoms with E-state index in [1.165, 1.54) is 4.31 Å². The van der Waals surface area contributed by atoms with Crippen LogP contribution in [0.25, 0.3) is 0 Å². The van der Waals surface area contributed by atoms with Crippen LogP contribution in [-0.4, -0.2) is 38.0 Å². The normalized spacial score (nSPS) is 11.6. The van der Waals surface area contributed by atoms with Gasteiger partial charge in [-0.2, -0.15) is 4.31 Å². The molecule has 1 N–H and O–H groups in total. The molecule has 0 aliphatic carbocycles. The molecule has 0 saturated heterocycles. The smallest absolute Gasteiger partial charge is 0.239 e. The van der Waals surface area contributed by atoms with Crippen molar-refractivity contribution in [2.45, 2.75) is 20.3 Å². The zero-order chi connectivity index (χ0) is 19.3. The van der Waals surface area contributed by atoms with Crippen molar-refractivity contribution in [2.75, 3.05) is 24.7 Å². The molecule has 0 aliphatic rings. The fourth-order valence-corrected chi connectivity index (χ4v) is 3.47. The minimum absolute atomic E-state index is 0.222. The number of carbonyl (C=O) groups is 1. The van der Waals surface area contributed by atoms with Crippen LogP contribution < -0.4 is 5.32 Å². The van der Waals surface area contributed by atoms with Crippen LogP contribution in [-0.2, 0) is 21.2 Å². The first-order valence-electron chi connectivity index (χ1n) is 8.22. The van der Waals surface area contributed by atoms with Crippen LogP contribution in [0, 0.1) is 13.8 Å². The highest BCUT2D eigenvalue weighted by atomic mass is 35.5. The number of rotatable bonds is 7. The van der Waals surface area contributed by atoms with Crippen LogP contribution >= 0.6 is 11.6 Å². The standard InChI is InChI=1S/C19H23ClN2O3S/c1-14-4-9-18(15(2)12-14)21-19(23)13-22(26(3,24)25)11-10-16-5-7-17(20)8-6-16/h4-9,12H,10-11,13H2,1-3H3,(H,21,23). The quantitative estimate of drug-likeness (QED) is 0.782. The Kier molecular flexibility index (Phi) is 6.81. The van der Waals surface area contributed by atoms with Gasteiger partial charge in [-0.1, -0.05) is 41.4 Å². The van der Waals surface area contributed by atoms with Crippen molar-refractivity contribution < 1.29 is 13.2 Å². The van der Waals surface area contributed by atoms with E-state index in [1.54, 1.807) is 12.1 Å². The van der Waals surface area contributed by atoms with Crippen LogP contribution in [0.2, 0.25) is 5.02 Å². The Labute approximate surface area is 160 Å². The number of amides is 1. The minimum Gasteiger partial charge on any atom is -0.325 e. The van der Waals surface area contributed by atoms with Gasteiger partial charge in [-0.15, -0.1) is 0 Å². The highest BCUT2D eigenvalue weighted by molar-refractivity contribution is 7.88. The van der Waals surface area contributed by atoms with E-state index in [0.717, 1.165) is 22.9 Å². The number of hydrogen-bond donors (Lipinski definition) is 1. The Morgan fingerprint density at radius 1 is 1.12 bits per heavy atom. The van der Waals surface area contributed by atoms with Crippen LogP contribution in [0.4, 0.5) is 5.69 Å². The highest BCUT2D eigenvalue weighted by Gasteiger charge is 2.20. The monoisotopic (exact) mass is 394 g/mol. The van der Waals surface area contributed by atoms with E-state index in [2.05, 4.69) is 5.32 Å². The average Bonchev–Trinajstić information content (AvgIpc) is 2.54. The van der Waals surface area contributed by atoms with Gasteiger partial charge in [0.2, 0.25) is 15.9 Å². The summed E-state index contributed by atoms with van der Waals surface area (Å²) in [5.74, 6) is -0.363. The van der Waals surface area contributed by atoms with Gasteiger partial charge in [0.1, 0.15) is 0 Å². The first-order valence-corrected chi connectivity index (χ1v) is 10.4. The van der Waals surface area contributed by atoms with E-state index in [0.29, 0.717) is 17.1 Å². The number of sulfonamides is 1. The Morgan fingerprint density at radius 3 is 2.35 bits per heavy atom. The van der Waals surface area contributed by atoms with Crippen LogP contribution in [0.1, 0.15) is 16.7 Å². The van der Waals surface area contributed by atoms with Crippen molar-refractivity contribution in [1.29, 1.82) is 0 Å². The molecule has 0 spiro atoms. The maximum absolute atomic E-state index is 12.3. The second kappa shape index (κ2) is 8.66. The van der Waals surface area contributed by atoms with E-state index < -0.39 is 10.0 Å². The maximum atomic E-state index is 12.3. The number of benzene rings is 2. The lowest BCUT2D eigenvalue weighted by atomic mass is 10.1. The van der Waals surface area contributed by atoms with Crippen molar-refractivity contribution in [3.8, 4) is 0 Å². The number of halogens is 1. The summed E-state index contributed by atoms with van der Waals surface area (Å²) < 4.78 is 25.2. The predicted molar refractivity (Wildman–Crippen MR) is 106 cm³/mol. The summed E-state index contributed by atoms with van der Waals surface area (Å²) in [5, 5.41) is 3.41. The molecular weight excluding hydrogens is 372 g/mol. The molecular formula is C19H23ClN2O3S. The molecule has 2 aromatic carbocycles. The fourth-order valence-electron chi connectivity index (χ4n) is 2.57. The molecule has 0 aliphatic heterocycles. The summed E-state index contributed by atoms with van der Waals surface area (Å²) in [4.78, 5) is 12.3. The Balaban J connectivity index is 2.02. The lowest BCUT2D eigenvalue weighted by molar-refractivity contribution is -0.116. The van der Waals surface area contributed by atoms with E-state index >= 15 is 0 Å². The van der Waals surface area contributed by atoms with Gasteiger partial charge in [0.15, 0.2) is 0 Å². The number of anilines is 1. The third kappa shape index (κ3) is 6.12. The molecule has 0 bridgehead atoms. The third-order valence-corrected chi connectivity index (χ3v) is 5.51. The molecule has 0 radical (unpaired) electrons. The second-order valence-corrected chi connectivity index (χ2v) is 8.76. The average molecular weight is 395 g/mol. The summed E-state index contributed by atoms with van der Waals surface area (Å²) in [6, 6.07) is 12.9. The van der Waals surface area contributed by atoms with E-state index in [-0.39, 0.29) is 19.0 Å². The molecule has 5 nitrogen and oxygen atoms in total. The van der Waals surface area contributed by atoms with Gasteiger partial charge >= 0.3 is 0 Å². The topological polar surface area (TPSA) is 66.5 Å². The highest BCUT2D eigenvalue weighted by Crippen LogP contribution is 2.16. The molecule has 0 saturated carbocycles. The first kappa shape index (κ1) is 20.4. The van der Waals surface area contributed by atoms with Gasteiger partial charge < -0.3 is 5.32 Å². The van der Waals surface area contributed by atoms with Crippen molar-refractivity contribution in [3.05, 3.63) is 64.2 Å². The Hall–Kier alpha value is -1.89. The molecule has 7 heteroatoms. The fraction of sp³-hybridized carbons (Fsp3) is 0.316. The maximum Gasteiger partial charge on any atom is 0.239 e. The molecule has 0 atom stereocenters. The van der Waals surface area contributed by atoms with E-state index in [9.17, 15) is 13.2 Å². The minimum atomic E-state index is -3.50. The summed E-state index contributed by atoms with van der Waals surface area (Å²) in [7, 11) is -3.50. The zero-order valence-corrected chi connectivity index (χ0v) is 16.7. The number of nitrogens with one attached hydrogen (secondary N) is 1. The molecule has 0 aromatic heterocycles. The van der Waals surface area contributed by atoms with Crippen molar-refractivity contribution in [3.63, 3.8) is 0 Å². The van der Waals surface area contributed by atoms with Gasteiger partial charge in [-0.3, -0.25) is 4.79 Å². The molecule has 140 valence electrons. The van der Waals surface area contributed by atoms with Crippen molar-refractivity contribution in [2.24, 2.45) is 0 Å². The number of nitrogens with zero attached hydrogens (tertiary/aromatic N) is 1. The molecule has 1 amide bonds. The molecule has 0 fully saturated rings. The molecule has 0 unspecified atom stereocenters. The van der Waals surface area contributed by atoms with Gasteiger partial charge in [0.25, 0.3) is 0 Å². The van der Waals surface area contributed by atoms with Crippen molar-refractivity contribution in [1.82, 2.24) is 4.31 Å². The summed E-state index contributed by atoms with van der Waals surface area (Å²) in [6.07, 6.45) is 1.61. The van der Waals surface area contributed by atoms with E-state index in [1.807, 2.05) is 44.2 Å². The lowest BCUT2D eigenvalue weighted by Crippen LogP contribution is -2.38. The van der Waals surface area contributed by atoms with Gasteiger partial charge in [0.05, 0.1) is 12.8 Å². The van der Waals surface area contributed by atoms with E-state index in [4.69, 9.17) is 11.6 Å². The van der Waals surface area contributed by atoms with Crippen LogP contribution in [0.3, 0.4) is 0 Å². The Morgan fingerprint density at radius 2 is 1.77 bits per heavy atom. The van der Waals surface area contributed by atoms with Gasteiger partial charge in [-0.25, -0.2) is 8.42 Å². The number of aryl methyl sites for hydroxylation is 2. The second-order valence-electron chi connectivity index (χ2n) is 6.34. The number of hydrogen-bond acceptors (Lipinski definition) is 3. The van der Waals surface area contributed by atoms with Crippen LogP contribution in [0.15, 0.2) is 42.5 Å². The molecule has 26 heavy (non-hydrogen) atoms.